The smallest absolute Gasteiger partial charge is 0.0364 e. The Morgan fingerprint density at radius 1 is 1.31 bits per heavy atom. The van der Waals surface area contributed by atoms with Crippen LogP contribution in [-0.2, 0) is 0 Å². The Kier molecular flexibility index (Phi) is 4.81. The lowest BCUT2D eigenvalue weighted by molar-refractivity contribution is 0.400. The van der Waals surface area contributed by atoms with Crippen LogP contribution in [0.4, 0.5) is 5.69 Å². The molecule has 0 aromatic heterocycles. The number of hydrogen-bond donors (Lipinski definition) is 1. The van der Waals surface area contributed by atoms with Crippen molar-refractivity contribution < 1.29 is 0 Å². The summed E-state index contributed by atoms with van der Waals surface area (Å²) in [5.74, 6) is 0.655. The van der Waals surface area contributed by atoms with Crippen LogP contribution >= 0.6 is 0 Å². The van der Waals surface area contributed by atoms with E-state index in [0.717, 1.165) is 0 Å². The van der Waals surface area contributed by atoms with E-state index in [2.05, 4.69) is 62.4 Å². The minimum absolute atomic E-state index is 0.449. The SMILES string of the molecule is CCC(C)C(NC)c1cccc(N(C)C)c1. The molecule has 0 aliphatic heterocycles. The Morgan fingerprint density at radius 3 is 2.50 bits per heavy atom. The zero-order chi connectivity index (χ0) is 12.1. The maximum atomic E-state index is 3.42. The molecular weight excluding hydrogens is 196 g/mol. The molecule has 0 saturated carbocycles. The van der Waals surface area contributed by atoms with Gasteiger partial charge in [-0.05, 0) is 30.7 Å². The van der Waals surface area contributed by atoms with Gasteiger partial charge in [0.15, 0.2) is 0 Å². The van der Waals surface area contributed by atoms with Crippen LogP contribution in [0.2, 0.25) is 0 Å². The molecule has 2 nitrogen and oxygen atoms in total. The third-order valence-electron chi connectivity index (χ3n) is 3.27. The van der Waals surface area contributed by atoms with E-state index in [1.807, 2.05) is 7.05 Å². The Labute approximate surface area is 99.7 Å². The van der Waals surface area contributed by atoms with Gasteiger partial charge < -0.3 is 10.2 Å². The molecule has 90 valence electrons. The number of benzene rings is 1. The number of anilines is 1. The number of hydrogen-bond acceptors (Lipinski definition) is 2. The van der Waals surface area contributed by atoms with Crippen molar-refractivity contribution in [2.24, 2.45) is 5.92 Å². The first kappa shape index (κ1) is 13.0. The normalized spacial score (nSPS) is 14.6. The Bertz CT molecular complexity index is 320. The summed E-state index contributed by atoms with van der Waals surface area (Å²) < 4.78 is 0. The molecule has 2 atom stereocenters. The largest absolute Gasteiger partial charge is 0.378 e. The molecule has 1 aromatic carbocycles. The summed E-state index contributed by atoms with van der Waals surface area (Å²) in [4.78, 5) is 2.15. The van der Waals surface area contributed by atoms with Crippen LogP contribution in [0.5, 0.6) is 0 Å². The summed E-state index contributed by atoms with van der Waals surface area (Å²) in [5, 5.41) is 3.42. The van der Waals surface area contributed by atoms with Gasteiger partial charge in [-0.3, -0.25) is 0 Å². The molecule has 0 heterocycles. The van der Waals surface area contributed by atoms with Gasteiger partial charge in [-0.15, -0.1) is 0 Å². The van der Waals surface area contributed by atoms with Gasteiger partial charge in [0.2, 0.25) is 0 Å². The molecule has 0 bridgehead atoms. The predicted molar refractivity (Wildman–Crippen MR) is 72.0 cm³/mol. The molecule has 0 aliphatic rings. The van der Waals surface area contributed by atoms with Gasteiger partial charge in [-0.2, -0.15) is 0 Å². The zero-order valence-corrected chi connectivity index (χ0v) is 11.1. The van der Waals surface area contributed by atoms with Crippen molar-refractivity contribution in [2.75, 3.05) is 26.0 Å². The van der Waals surface area contributed by atoms with Gasteiger partial charge >= 0.3 is 0 Å². The van der Waals surface area contributed by atoms with Crippen molar-refractivity contribution in [3.63, 3.8) is 0 Å². The monoisotopic (exact) mass is 220 g/mol. The van der Waals surface area contributed by atoms with E-state index < -0.39 is 0 Å². The lowest BCUT2D eigenvalue weighted by atomic mass is 9.92. The van der Waals surface area contributed by atoms with Gasteiger partial charge in [0.05, 0.1) is 0 Å². The highest BCUT2D eigenvalue weighted by molar-refractivity contribution is 5.47. The van der Waals surface area contributed by atoms with Gasteiger partial charge in [0, 0.05) is 25.8 Å². The van der Waals surface area contributed by atoms with Gasteiger partial charge in [0.1, 0.15) is 0 Å². The average molecular weight is 220 g/mol. The second kappa shape index (κ2) is 5.90. The first-order valence-corrected chi connectivity index (χ1v) is 6.04. The van der Waals surface area contributed by atoms with E-state index >= 15 is 0 Å². The highest BCUT2D eigenvalue weighted by Gasteiger charge is 2.16. The van der Waals surface area contributed by atoms with Crippen molar-refractivity contribution in [2.45, 2.75) is 26.3 Å². The molecule has 16 heavy (non-hydrogen) atoms. The van der Waals surface area contributed by atoms with Crippen LogP contribution < -0.4 is 10.2 Å². The molecular formula is C14H24N2. The van der Waals surface area contributed by atoms with Gasteiger partial charge in [0.25, 0.3) is 0 Å². The molecule has 2 unspecified atom stereocenters. The molecule has 0 radical (unpaired) electrons. The summed E-state index contributed by atoms with van der Waals surface area (Å²) in [6, 6.07) is 9.21. The molecule has 1 aromatic rings. The average Bonchev–Trinajstić information content (AvgIpc) is 2.30. The van der Waals surface area contributed by atoms with Gasteiger partial charge in [-0.25, -0.2) is 0 Å². The fourth-order valence-electron chi connectivity index (χ4n) is 2.01. The molecule has 1 N–H and O–H groups in total. The minimum atomic E-state index is 0.449. The third-order valence-corrected chi connectivity index (χ3v) is 3.27. The van der Waals surface area contributed by atoms with E-state index in [9.17, 15) is 0 Å². The van der Waals surface area contributed by atoms with Crippen molar-refractivity contribution in [3.8, 4) is 0 Å². The number of rotatable bonds is 5. The fraction of sp³-hybridized carbons (Fsp3) is 0.571. The maximum absolute atomic E-state index is 3.42. The van der Waals surface area contributed by atoms with Crippen LogP contribution in [0.3, 0.4) is 0 Å². The summed E-state index contributed by atoms with van der Waals surface area (Å²) >= 11 is 0. The van der Waals surface area contributed by atoms with E-state index in [1.165, 1.54) is 17.7 Å². The van der Waals surface area contributed by atoms with Crippen molar-refractivity contribution in [1.82, 2.24) is 5.32 Å². The summed E-state index contributed by atoms with van der Waals surface area (Å²) in [7, 11) is 6.20. The van der Waals surface area contributed by atoms with Crippen LogP contribution in [0.1, 0.15) is 31.9 Å². The lowest BCUT2D eigenvalue weighted by Crippen LogP contribution is -2.23. The van der Waals surface area contributed by atoms with Crippen molar-refractivity contribution >= 4 is 5.69 Å². The molecule has 1 rings (SSSR count). The fourth-order valence-corrected chi connectivity index (χ4v) is 2.01. The second-order valence-corrected chi connectivity index (χ2v) is 4.64. The Morgan fingerprint density at radius 2 is 2.00 bits per heavy atom. The molecule has 0 spiro atoms. The van der Waals surface area contributed by atoms with Crippen molar-refractivity contribution in [3.05, 3.63) is 29.8 Å². The van der Waals surface area contributed by atoms with E-state index in [0.29, 0.717) is 12.0 Å². The Hall–Kier alpha value is -1.02. The van der Waals surface area contributed by atoms with E-state index in [1.54, 1.807) is 0 Å². The number of nitrogens with zero attached hydrogens (tertiary/aromatic N) is 1. The molecule has 0 saturated heterocycles. The first-order valence-electron chi connectivity index (χ1n) is 6.04. The number of nitrogens with one attached hydrogen (secondary N) is 1. The van der Waals surface area contributed by atoms with Crippen molar-refractivity contribution in [1.29, 1.82) is 0 Å². The standard InChI is InChI=1S/C14H24N2/c1-6-11(2)14(15-3)12-8-7-9-13(10-12)16(4)5/h7-11,14-15H,6H2,1-5H3. The third kappa shape index (κ3) is 2.99. The van der Waals surface area contributed by atoms with E-state index in [-0.39, 0.29) is 0 Å². The van der Waals surface area contributed by atoms with Crippen LogP contribution in [0.15, 0.2) is 24.3 Å². The first-order chi connectivity index (χ1) is 7.60. The second-order valence-electron chi connectivity index (χ2n) is 4.64. The topological polar surface area (TPSA) is 15.3 Å². The van der Waals surface area contributed by atoms with Gasteiger partial charge in [-0.1, -0.05) is 32.4 Å². The van der Waals surface area contributed by atoms with Crippen LogP contribution in [-0.4, -0.2) is 21.1 Å². The lowest BCUT2D eigenvalue weighted by Gasteiger charge is -2.24. The zero-order valence-electron chi connectivity index (χ0n) is 11.1. The maximum Gasteiger partial charge on any atom is 0.0364 e. The molecule has 2 heteroatoms. The highest BCUT2D eigenvalue weighted by atomic mass is 15.1. The molecule has 0 amide bonds. The summed E-state index contributed by atoms with van der Waals surface area (Å²) in [5.41, 5.74) is 2.64. The highest BCUT2D eigenvalue weighted by Crippen LogP contribution is 2.26. The van der Waals surface area contributed by atoms with Crippen LogP contribution in [0.25, 0.3) is 0 Å². The summed E-state index contributed by atoms with van der Waals surface area (Å²) in [6.07, 6.45) is 1.19. The van der Waals surface area contributed by atoms with E-state index in [4.69, 9.17) is 0 Å². The molecule has 0 fully saturated rings. The molecule has 0 aliphatic carbocycles. The van der Waals surface area contributed by atoms with Crippen LogP contribution in [0, 0.1) is 5.92 Å². The minimum Gasteiger partial charge on any atom is -0.378 e. The quantitative estimate of drug-likeness (QED) is 0.820. The summed E-state index contributed by atoms with van der Waals surface area (Å²) in [6.45, 7) is 4.54. The predicted octanol–water partition coefficient (Wildman–Crippen LogP) is 3.06. The Balaban J connectivity index is 2.96.